The van der Waals surface area contributed by atoms with E-state index < -0.39 is 11.6 Å². The molecule has 5 aromatic rings. The number of aryl methyl sites for hydroxylation is 3. The van der Waals surface area contributed by atoms with Gasteiger partial charge in [0.05, 0.1) is 40.1 Å². The number of carbonyl (C=O) groups is 2. The summed E-state index contributed by atoms with van der Waals surface area (Å²) in [5, 5.41) is 14.9. The van der Waals surface area contributed by atoms with Crippen molar-refractivity contribution in [1.29, 1.82) is 0 Å². The quantitative estimate of drug-likeness (QED) is 0.113. The average molecular weight is 850 g/mol. The predicted molar refractivity (Wildman–Crippen MR) is 240 cm³/mol. The van der Waals surface area contributed by atoms with Crippen molar-refractivity contribution in [2.45, 2.75) is 104 Å². The van der Waals surface area contributed by atoms with Crippen molar-refractivity contribution in [2.75, 3.05) is 44.4 Å². The zero-order chi connectivity index (χ0) is 43.6. The third kappa shape index (κ3) is 10.3. The fraction of sp³-hybridized carbons (Fsp3) is 0.478. The van der Waals surface area contributed by atoms with E-state index in [9.17, 15) is 14.4 Å². The minimum Gasteiger partial charge on any atom is -0.378 e. The van der Waals surface area contributed by atoms with Gasteiger partial charge in [0, 0.05) is 74.4 Å². The Kier molecular flexibility index (Phi) is 13.0. The lowest BCUT2D eigenvalue weighted by atomic mass is 9.99. The third-order valence-electron chi connectivity index (χ3n) is 11.6. The van der Waals surface area contributed by atoms with Gasteiger partial charge in [-0.25, -0.2) is 9.67 Å². The first-order valence-electron chi connectivity index (χ1n) is 21.1. The summed E-state index contributed by atoms with van der Waals surface area (Å²) in [5.41, 5.74) is 5.36. The summed E-state index contributed by atoms with van der Waals surface area (Å²) in [6, 6.07) is 14.9. The van der Waals surface area contributed by atoms with Crippen molar-refractivity contribution in [2.24, 2.45) is 7.05 Å². The van der Waals surface area contributed by atoms with Gasteiger partial charge in [0.2, 0.25) is 5.91 Å². The molecule has 0 bridgehead atoms. The van der Waals surface area contributed by atoms with Crippen LogP contribution in [-0.4, -0.2) is 97.3 Å². The number of aromatic nitrogens is 5. The Balaban J connectivity index is 0.997. The van der Waals surface area contributed by atoms with Crippen molar-refractivity contribution in [3.05, 3.63) is 103 Å². The predicted octanol–water partition coefficient (Wildman–Crippen LogP) is 6.95. The van der Waals surface area contributed by atoms with Crippen LogP contribution in [-0.2, 0) is 47.1 Å². The highest BCUT2D eigenvalue weighted by Crippen LogP contribution is 2.33. The van der Waals surface area contributed by atoms with Crippen LogP contribution in [0.4, 0.5) is 17.2 Å². The van der Waals surface area contributed by atoms with Gasteiger partial charge in [0.15, 0.2) is 5.82 Å². The number of fused-ring (bicyclic) bond motifs is 1. The second-order valence-electron chi connectivity index (χ2n) is 17.7. The Morgan fingerprint density at radius 3 is 2.49 bits per heavy atom. The molecule has 2 aromatic carbocycles. The summed E-state index contributed by atoms with van der Waals surface area (Å²) in [5.74, 6) is 0.0543. The summed E-state index contributed by atoms with van der Waals surface area (Å²) >= 11 is 1.59. The van der Waals surface area contributed by atoms with Crippen LogP contribution in [0.2, 0.25) is 0 Å². The van der Waals surface area contributed by atoms with Crippen molar-refractivity contribution in [3.8, 4) is 11.3 Å². The second-order valence-corrected chi connectivity index (χ2v) is 18.9. The van der Waals surface area contributed by atoms with E-state index in [1.54, 1.807) is 36.4 Å². The third-order valence-corrected chi connectivity index (χ3v) is 12.9. The van der Waals surface area contributed by atoms with Crippen LogP contribution in [0.1, 0.15) is 90.4 Å². The van der Waals surface area contributed by atoms with Crippen LogP contribution in [0.3, 0.4) is 0 Å². The number of likely N-dealkylation sites (N-methyl/N-ethyl adjacent to an activating group) is 1. The SMILES string of the molecule is COC(C)(C)Cc1cn(CC(C)OC(C)(C)CN2CCN(C)[C@H](c3ccc(Nc4nc(-c5cccc(NC(=O)c6cc7c(s6)CCCC7)c5C)cn(C)c4=O)cc3)C2=O)nn1. The number of ether oxygens (including phenoxy) is 2. The van der Waals surface area contributed by atoms with Crippen LogP contribution in [0.5, 0.6) is 0 Å². The van der Waals surface area contributed by atoms with Gasteiger partial charge in [-0.3, -0.25) is 19.3 Å². The summed E-state index contributed by atoms with van der Waals surface area (Å²) < 4.78 is 15.3. The molecular weight excluding hydrogens is 791 g/mol. The molecule has 324 valence electrons. The van der Waals surface area contributed by atoms with Crippen molar-refractivity contribution in [3.63, 3.8) is 0 Å². The number of methoxy groups -OCH3 is 1. The lowest BCUT2D eigenvalue weighted by Gasteiger charge is -2.42. The number of hydrogen-bond acceptors (Lipinski definition) is 11. The van der Waals surface area contributed by atoms with Gasteiger partial charge in [-0.2, -0.15) is 0 Å². The summed E-state index contributed by atoms with van der Waals surface area (Å²) in [6.45, 7) is 14.3. The summed E-state index contributed by atoms with van der Waals surface area (Å²) in [7, 11) is 5.35. The number of nitrogens with one attached hydrogen (secondary N) is 2. The molecular formula is C46H59N9O5S. The average Bonchev–Trinajstić information content (AvgIpc) is 3.85. The van der Waals surface area contributed by atoms with Gasteiger partial charge in [-0.15, -0.1) is 16.4 Å². The van der Waals surface area contributed by atoms with E-state index in [0.717, 1.165) is 40.1 Å². The molecule has 7 rings (SSSR count). The highest BCUT2D eigenvalue weighted by molar-refractivity contribution is 7.14. The zero-order valence-electron chi connectivity index (χ0n) is 36.9. The van der Waals surface area contributed by atoms with E-state index >= 15 is 0 Å². The molecule has 1 aliphatic carbocycles. The van der Waals surface area contributed by atoms with Crippen LogP contribution in [0.25, 0.3) is 11.3 Å². The first kappa shape index (κ1) is 43.9. The number of anilines is 3. The number of carbonyl (C=O) groups excluding carboxylic acids is 2. The molecule has 1 unspecified atom stereocenters. The van der Waals surface area contributed by atoms with E-state index in [4.69, 9.17) is 14.5 Å². The molecule has 2 amide bonds. The number of thiophene rings is 1. The fourth-order valence-electron chi connectivity index (χ4n) is 8.33. The molecule has 0 radical (unpaired) electrons. The zero-order valence-corrected chi connectivity index (χ0v) is 37.7. The Labute approximate surface area is 362 Å². The standard InChI is InChI=1S/C46H59N9O5S/c1-29(25-55-26-34(50-51-55)24-45(3,4)59-9)60-46(5,6)28-54-22-21-52(7)40(43(54)57)31-17-19-33(20-18-31)47-41-44(58)53(8)27-37(48-41)35-14-12-15-36(30(35)2)49-42(56)39-23-32-13-10-11-16-38(32)61-39/h12,14-15,17-20,23,26-27,29,40H,10-11,13,16,21-22,24-25,28H2,1-9H3,(H,47,48)(H,49,56)/t29?,40-/m1/s1. The van der Waals surface area contributed by atoms with Gasteiger partial charge in [-0.1, -0.05) is 29.5 Å². The number of rotatable bonds is 15. The first-order chi connectivity index (χ1) is 29.0. The lowest BCUT2D eigenvalue weighted by molar-refractivity contribution is -0.149. The van der Waals surface area contributed by atoms with E-state index in [2.05, 4.69) is 25.8 Å². The maximum Gasteiger partial charge on any atom is 0.293 e. The number of hydrogen-bond donors (Lipinski definition) is 2. The monoisotopic (exact) mass is 849 g/mol. The molecule has 1 fully saturated rings. The molecule has 15 heteroatoms. The van der Waals surface area contributed by atoms with Gasteiger partial charge < -0.3 is 29.6 Å². The maximum absolute atomic E-state index is 14.1. The fourth-order valence-corrected chi connectivity index (χ4v) is 9.48. The van der Waals surface area contributed by atoms with Crippen molar-refractivity contribution >= 4 is 40.3 Å². The first-order valence-corrected chi connectivity index (χ1v) is 21.9. The van der Waals surface area contributed by atoms with E-state index in [1.807, 2.05) is 108 Å². The molecule has 2 N–H and O–H groups in total. The number of nitrogens with zero attached hydrogens (tertiary/aromatic N) is 7. The van der Waals surface area contributed by atoms with E-state index in [-0.39, 0.29) is 34.9 Å². The Hall–Kier alpha value is -5.22. The van der Waals surface area contributed by atoms with Crippen LogP contribution >= 0.6 is 11.3 Å². The van der Waals surface area contributed by atoms with Crippen LogP contribution in [0.15, 0.2) is 65.7 Å². The lowest BCUT2D eigenvalue weighted by Crippen LogP contribution is -2.55. The molecule has 0 spiro atoms. The molecule has 0 saturated carbocycles. The molecule has 61 heavy (non-hydrogen) atoms. The smallest absolute Gasteiger partial charge is 0.293 e. The van der Waals surface area contributed by atoms with Gasteiger partial charge in [0.25, 0.3) is 11.5 Å². The minimum absolute atomic E-state index is 0.00648. The highest BCUT2D eigenvalue weighted by Gasteiger charge is 2.37. The van der Waals surface area contributed by atoms with Crippen LogP contribution in [0, 0.1) is 6.92 Å². The molecule has 2 atom stereocenters. The molecule has 14 nitrogen and oxygen atoms in total. The topological polar surface area (TPSA) is 149 Å². The number of amides is 2. The maximum atomic E-state index is 14.1. The molecule has 1 aliphatic heterocycles. The Morgan fingerprint density at radius 1 is 1.00 bits per heavy atom. The van der Waals surface area contributed by atoms with Crippen molar-refractivity contribution < 1.29 is 19.1 Å². The minimum atomic E-state index is -0.615. The molecule has 3 aromatic heterocycles. The Morgan fingerprint density at radius 2 is 1.75 bits per heavy atom. The molecule has 2 aliphatic rings. The molecule has 1 saturated heterocycles. The summed E-state index contributed by atoms with van der Waals surface area (Å²) in [6.07, 6.45) is 8.52. The van der Waals surface area contributed by atoms with E-state index in [0.29, 0.717) is 49.7 Å². The Bertz CT molecular complexity index is 2410. The normalized spacial score (nSPS) is 16.7. The highest BCUT2D eigenvalue weighted by atomic mass is 32.1. The largest absolute Gasteiger partial charge is 0.378 e. The van der Waals surface area contributed by atoms with E-state index in [1.165, 1.54) is 27.8 Å². The second kappa shape index (κ2) is 18.0. The number of benzene rings is 2. The van der Waals surface area contributed by atoms with Gasteiger partial charge in [0.1, 0.15) is 6.04 Å². The van der Waals surface area contributed by atoms with Gasteiger partial charge in [-0.05, 0) is 115 Å². The van der Waals surface area contributed by atoms with Crippen LogP contribution < -0.4 is 16.2 Å². The number of piperazine rings is 1. The van der Waals surface area contributed by atoms with Crippen molar-refractivity contribution in [1.82, 2.24) is 34.3 Å². The molecule has 4 heterocycles. The van der Waals surface area contributed by atoms with Gasteiger partial charge >= 0.3 is 0 Å². The summed E-state index contributed by atoms with van der Waals surface area (Å²) in [4.78, 5) is 51.6.